The molecule has 1 N–H and O–H groups in total. The van der Waals surface area contributed by atoms with E-state index in [0.717, 1.165) is 36.2 Å². The molecule has 1 aliphatic rings. The largest absolute Gasteiger partial charge is 0.351 e. The lowest BCUT2D eigenvalue weighted by atomic mass is 9.94. The summed E-state index contributed by atoms with van der Waals surface area (Å²) in [6.45, 7) is 4.29. The number of pyridine rings is 1. The number of rotatable bonds is 8. The third-order valence-corrected chi connectivity index (χ3v) is 7.35. The van der Waals surface area contributed by atoms with E-state index in [0.29, 0.717) is 11.5 Å². The van der Waals surface area contributed by atoms with Crippen molar-refractivity contribution in [1.82, 2.24) is 10.3 Å². The monoisotopic (exact) mass is 475 g/mol. The second-order valence-corrected chi connectivity index (χ2v) is 10.3. The van der Waals surface area contributed by atoms with Crippen LogP contribution in [0.25, 0.3) is 0 Å². The molecule has 1 fully saturated rings. The lowest BCUT2D eigenvalue weighted by molar-refractivity contribution is -0.127. The first-order chi connectivity index (χ1) is 16.5. The molecule has 2 heterocycles. The van der Waals surface area contributed by atoms with E-state index in [9.17, 15) is 9.59 Å². The Morgan fingerprint density at radius 1 is 1.03 bits per heavy atom. The molecule has 0 saturated heterocycles. The highest BCUT2D eigenvalue weighted by Crippen LogP contribution is 2.31. The fraction of sp³-hybridized carbons (Fsp3) is 0.393. The molecule has 4 rings (SSSR count). The molecule has 0 radical (unpaired) electrons. The van der Waals surface area contributed by atoms with Crippen LogP contribution in [0.5, 0.6) is 0 Å². The normalized spacial score (nSPS) is 15.1. The van der Waals surface area contributed by atoms with Crippen LogP contribution in [0, 0.1) is 0 Å². The zero-order valence-corrected chi connectivity index (χ0v) is 20.8. The molecular weight excluding hydrogens is 442 g/mol. The molecule has 3 aromatic rings. The SMILES string of the molecule is CC(C)c1ccc(N(C(=O)Cc2cccs2)[C@@H](C(=O)NC2CCCCC2)c2cccnc2)cc1. The number of benzene rings is 1. The van der Waals surface area contributed by atoms with Crippen LogP contribution in [0.3, 0.4) is 0 Å². The van der Waals surface area contributed by atoms with E-state index in [-0.39, 0.29) is 24.3 Å². The van der Waals surface area contributed by atoms with Crippen molar-refractivity contribution in [2.75, 3.05) is 4.90 Å². The molecule has 34 heavy (non-hydrogen) atoms. The van der Waals surface area contributed by atoms with Crippen molar-refractivity contribution in [3.63, 3.8) is 0 Å². The van der Waals surface area contributed by atoms with E-state index >= 15 is 0 Å². The first kappa shape index (κ1) is 24.1. The number of hydrogen-bond donors (Lipinski definition) is 1. The fourth-order valence-electron chi connectivity index (χ4n) is 4.59. The zero-order chi connectivity index (χ0) is 23.9. The molecule has 1 atom stereocenters. The van der Waals surface area contributed by atoms with E-state index in [1.807, 2.05) is 53.9 Å². The molecule has 1 aromatic carbocycles. The van der Waals surface area contributed by atoms with Gasteiger partial charge in [0.25, 0.3) is 0 Å². The lowest BCUT2D eigenvalue weighted by Crippen LogP contribution is -2.47. The number of anilines is 1. The first-order valence-corrected chi connectivity index (χ1v) is 13.1. The minimum atomic E-state index is -0.784. The number of carbonyl (C=O) groups excluding carboxylic acids is 2. The summed E-state index contributed by atoms with van der Waals surface area (Å²) in [5, 5.41) is 5.22. The molecule has 5 nitrogen and oxygen atoms in total. The van der Waals surface area contributed by atoms with E-state index < -0.39 is 6.04 Å². The topological polar surface area (TPSA) is 62.3 Å². The van der Waals surface area contributed by atoms with E-state index in [4.69, 9.17) is 0 Å². The van der Waals surface area contributed by atoms with Crippen molar-refractivity contribution in [1.29, 1.82) is 0 Å². The quantitative estimate of drug-likeness (QED) is 0.432. The van der Waals surface area contributed by atoms with Gasteiger partial charge in [0.15, 0.2) is 0 Å². The highest BCUT2D eigenvalue weighted by molar-refractivity contribution is 7.10. The number of aromatic nitrogens is 1. The van der Waals surface area contributed by atoms with Crippen LogP contribution in [-0.4, -0.2) is 22.8 Å². The van der Waals surface area contributed by atoms with Gasteiger partial charge < -0.3 is 5.32 Å². The number of amides is 2. The van der Waals surface area contributed by atoms with Crippen LogP contribution >= 0.6 is 11.3 Å². The molecule has 0 unspecified atom stereocenters. The van der Waals surface area contributed by atoms with Gasteiger partial charge >= 0.3 is 0 Å². The number of thiophene rings is 1. The minimum absolute atomic E-state index is 0.104. The van der Waals surface area contributed by atoms with Crippen LogP contribution in [0.1, 0.15) is 73.9 Å². The maximum atomic E-state index is 13.8. The highest BCUT2D eigenvalue weighted by Gasteiger charge is 2.34. The maximum absolute atomic E-state index is 13.8. The molecule has 178 valence electrons. The summed E-state index contributed by atoms with van der Waals surface area (Å²) in [6, 6.07) is 15.0. The first-order valence-electron chi connectivity index (χ1n) is 12.2. The molecule has 0 bridgehead atoms. The summed E-state index contributed by atoms with van der Waals surface area (Å²) in [4.78, 5) is 34.5. The average Bonchev–Trinajstić information content (AvgIpc) is 3.36. The third kappa shape index (κ3) is 5.92. The van der Waals surface area contributed by atoms with Crippen LogP contribution in [0.15, 0.2) is 66.3 Å². The molecule has 0 aliphatic heterocycles. The Morgan fingerprint density at radius 3 is 2.41 bits per heavy atom. The summed E-state index contributed by atoms with van der Waals surface area (Å²) in [6.07, 6.45) is 9.06. The number of nitrogens with one attached hydrogen (secondary N) is 1. The number of hydrogen-bond acceptors (Lipinski definition) is 4. The van der Waals surface area contributed by atoms with Gasteiger partial charge in [0.1, 0.15) is 6.04 Å². The minimum Gasteiger partial charge on any atom is -0.351 e. The van der Waals surface area contributed by atoms with E-state index in [1.165, 1.54) is 12.0 Å². The Morgan fingerprint density at radius 2 is 1.79 bits per heavy atom. The Bertz CT molecular complexity index is 1060. The Balaban J connectivity index is 1.72. The number of nitrogens with zero attached hydrogens (tertiary/aromatic N) is 2. The third-order valence-electron chi connectivity index (χ3n) is 6.47. The summed E-state index contributed by atoms with van der Waals surface area (Å²) in [5.41, 5.74) is 2.63. The van der Waals surface area contributed by atoms with Gasteiger partial charge in [0, 0.05) is 34.6 Å². The zero-order valence-electron chi connectivity index (χ0n) is 19.9. The Labute approximate surface area is 206 Å². The molecule has 6 heteroatoms. The van der Waals surface area contributed by atoms with Gasteiger partial charge in [0.05, 0.1) is 6.42 Å². The van der Waals surface area contributed by atoms with Crippen molar-refractivity contribution in [2.24, 2.45) is 0 Å². The molecular formula is C28H33N3O2S. The summed E-state index contributed by atoms with van der Waals surface area (Å²) in [5.74, 6) is 0.132. The van der Waals surface area contributed by atoms with Gasteiger partial charge in [-0.1, -0.05) is 57.4 Å². The van der Waals surface area contributed by atoms with Gasteiger partial charge in [-0.2, -0.15) is 0 Å². The second-order valence-electron chi connectivity index (χ2n) is 9.30. The molecule has 1 aliphatic carbocycles. The summed E-state index contributed by atoms with van der Waals surface area (Å²) >= 11 is 1.55. The van der Waals surface area contributed by atoms with Gasteiger partial charge in [-0.25, -0.2) is 0 Å². The summed E-state index contributed by atoms with van der Waals surface area (Å²) in [7, 11) is 0. The van der Waals surface area contributed by atoms with Crippen LogP contribution in [0.2, 0.25) is 0 Å². The van der Waals surface area contributed by atoms with Crippen molar-refractivity contribution < 1.29 is 9.59 Å². The maximum Gasteiger partial charge on any atom is 0.248 e. The van der Waals surface area contributed by atoms with Gasteiger partial charge in [-0.05, 0) is 54.0 Å². The fourth-order valence-corrected chi connectivity index (χ4v) is 5.28. The van der Waals surface area contributed by atoms with Gasteiger partial charge in [-0.3, -0.25) is 19.5 Å². The van der Waals surface area contributed by atoms with Crippen molar-refractivity contribution >= 4 is 28.8 Å². The predicted octanol–water partition coefficient (Wildman–Crippen LogP) is 6.03. The van der Waals surface area contributed by atoms with Gasteiger partial charge in [0.2, 0.25) is 11.8 Å². The Hall–Kier alpha value is -2.99. The second kappa shape index (κ2) is 11.4. The molecule has 0 spiro atoms. The van der Waals surface area contributed by atoms with Crippen molar-refractivity contribution in [3.05, 3.63) is 82.3 Å². The van der Waals surface area contributed by atoms with Crippen LogP contribution in [0.4, 0.5) is 5.69 Å². The Kier molecular flexibility index (Phi) is 8.12. The predicted molar refractivity (Wildman–Crippen MR) is 138 cm³/mol. The van der Waals surface area contributed by atoms with Crippen molar-refractivity contribution in [3.8, 4) is 0 Å². The van der Waals surface area contributed by atoms with E-state index in [1.54, 1.807) is 28.6 Å². The molecule has 1 saturated carbocycles. The van der Waals surface area contributed by atoms with Gasteiger partial charge in [-0.15, -0.1) is 11.3 Å². The lowest BCUT2D eigenvalue weighted by Gasteiger charge is -2.33. The molecule has 2 aromatic heterocycles. The van der Waals surface area contributed by atoms with Crippen LogP contribution in [-0.2, 0) is 16.0 Å². The average molecular weight is 476 g/mol. The standard InChI is InChI=1S/C28H33N3O2S/c1-20(2)21-12-14-24(15-13-21)31(26(32)18-25-11-7-17-34-25)27(22-8-6-16-29-19-22)28(33)30-23-9-4-3-5-10-23/h6-8,11-17,19-20,23,27H,3-5,9-10,18H2,1-2H3,(H,30,33)/t27-/m1/s1. The van der Waals surface area contributed by atoms with E-state index in [2.05, 4.69) is 24.1 Å². The highest BCUT2D eigenvalue weighted by atomic mass is 32.1. The van der Waals surface area contributed by atoms with Crippen LogP contribution < -0.4 is 10.2 Å². The smallest absolute Gasteiger partial charge is 0.248 e. The summed E-state index contributed by atoms with van der Waals surface area (Å²) < 4.78 is 0. The van der Waals surface area contributed by atoms with Crippen molar-refractivity contribution in [2.45, 2.75) is 70.4 Å². The molecule has 2 amide bonds. The number of carbonyl (C=O) groups is 2.